The number of hydrogen-bond donors (Lipinski definition) is 6. The van der Waals surface area contributed by atoms with E-state index in [1.165, 1.54) is 5.56 Å². The van der Waals surface area contributed by atoms with E-state index >= 15 is 0 Å². The van der Waals surface area contributed by atoms with Gasteiger partial charge in [-0.05, 0) is 92.6 Å². The molecule has 8 rings (SSSR count). The van der Waals surface area contributed by atoms with Crippen LogP contribution >= 0.6 is 23.2 Å². The summed E-state index contributed by atoms with van der Waals surface area (Å²) < 4.78 is 16.7. The van der Waals surface area contributed by atoms with Crippen LogP contribution in [-0.2, 0) is 46.4 Å². The number of likely N-dealkylation sites (N-methyl/N-ethyl adjacent to an activating group) is 1. The molecule has 1 unspecified atom stereocenters. The Balaban J connectivity index is 0.000000295. The lowest BCUT2D eigenvalue weighted by Crippen LogP contribution is -2.59. The Morgan fingerprint density at radius 3 is 2.23 bits per heavy atom. The lowest BCUT2D eigenvalue weighted by Gasteiger charge is -2.38. The molecule has 0 aliphatic carbocycles. The number of H-pyrrole nitrogens is 1. The van der Waals surface area contributed by atoms with Gasteiger partial charge in [-0.3, -0.25) is 24.0 Å². The van der Waals surface area contributed by atoms with Crippen LogP contribution in [-0.4, -0.2) is 188 Å². The number of rotatable bonds is 25. The first-order valence-electron chi connectivity index (χ1n) is 28.6. The number of halogens is 2. The molecule has 2 aromatic carbocycles. The molecule has 21 nitrogen and oxygen atoms in total. The van der Waals surface area contributed by atoms with Gasteiger partial charge in [-0.2, -0.15) is 0 Å². The third-order valence-electron chi connectivity index (χ3n) is 14.5. The Hall–Kier alpha value is -6.56. The summed E-state index contributed by atoms with van der Waals surface area (Å²) in [6.45, 7) is 19.2. The van der Waals surface area contributed by atoms with E-state index in [4.69, 9.17) is 43.1 Å². The molecule has 450 valence electrons. The smallest absolute Gasteiger partial charge is 0.272 e. The topological polar surface area (TPSA) is 255 Å². The molecule has 0 radical (unpaired) electrons. The van der Waals surface area contributed by atoms with E-state index in [1.807, 2.05) is 53.6 Å². The van der Waals surface area contributed by atoms with Crippen LogP contribution in [0.1, 0.15) is 74.5 Å². The molecule has 3 aliphatic rings. The standard InChI is InChI=1S/C38H57N7O7.C19H21ClN6O.C3H5Cl/c1-4-29-7-6-8-31(23-29)32-25-33(42-34(46)28-39-26-30-9-12-43(3)36(48)24-30)37(41-27-32)38(49)40-11-18-51-20-22-52-21-19-50-17-10-35(47)45-15-13-44(5-2)14-16-45;20-14-3-1-13(2-4-14)11-23-18(27)19(21)6-9-26(10-7-19)17-15-5-8-22-16(15)24-12-25-17;1-3(2)4/h6-8,23,25,27,30,39H,4-5,9-22,24,26,28H2,1-3H3,(H,40,49)(H,42,46);1-5,8,12H,6-7,9-11,21H2,(H,23,27)(H,22,24,25);1H2,2H3. The van der Waals surface area contributed by atoms with E-state index < -0.39 is 11.4 Å². The van der Waals surface area contributed by atoms with Gasteiger partial charge in [-0.25, -0.2) is 15.0 Å². The Bertz CT molecular complexity index is 2870. The molecule has 1 atom stereocenters. The van der Waals surface area contributed by atoms with E-state index in [2.05, 4.69) is 83.6 Å². The number of allylic oxidation sites excluding steroid dienone is 1. The van der Waals surface area contributed by atoms with Crippen molar-refractivity contribution < 1.29 is 38.2 Å². The average molecular weight is 1190 g/mol. The van der Waals surface area contributed by atoms with Gasteiger partial charge in [0.05, 0.1) is 69.2 Å². The molecule has 0 bridgehead atoms. The van der Waals surface area contributed by atoms with Gasteiger partial charge in [0.1, 0.15) is 17.8 Å². The second-order valence-electron chi connectivity index (χ2n) is 20.8. The summed E-state index contributed by atoms with van der Waals surface area (Å²) >= 11 is 11.0. The third kappa shape index (κ3) is 21.5. The third-order valence-corrected chi connectivity index (χ3v) is 14.8. The van der Waals surface area contributed by atoms with Crippen LogP contribution in [0.2, 0.25) is 5.02 Å². The number of anilines is 2. The molecule has 3 aliphatic heterocycles. The number of fused-ring (bicyclic) bond motifs is 1. The summed E-state index contributed by atoms with van der Waals surface area (Å²) in [4.78, 5) is 87.6. The molecule has 5 amide bonds. The summed E-state index contributed by atoms with van der Waals surface area (Å²) in [5, 5.41) is 14.1. The number of piperidine rings is 2. The Morgan fingerprint density at radius 1 is 0.843 bits per heavy atom. The van der Waals surface area contributed by atoms with Crippen molar-refractivity contribution in [2.45, 2.75) is 71.4 Å². The molecule has 23 heteroatoms. The zero-order valence-electron chi connectivity index (χ0n) is 48.5. The van der Waals surface area contributed by atoms with E-state index in [1.54, 1.807) is 37.5 Å². The van der Waals surface area contributed by atoms with Crippen LogP contribution in [0, 0.1) is 5.92 Å². The van der Waals surface area contributed by atoms with Gasteiger partial charge in [0.2, 0.25) is 23.6 Å². The minimum Gasteiger partial charge on any atom is -0.379 e. The first kappa shape index (κ1) is 65.6. The Morgan fingerprint density at radius 2 is 1.54 bits per heavy atom. The molecule has 5 aromatic rings. The number of ether oxygens (including phenoxy) is 3. The Labute approximate surface area is 497 Å². The lowest BCUT2D eigenvalue weighted by atomic mass is 9.87. The SMILES string of the molecule is C=C(C)Cl.CCc1cccc(-c2cnc(C(=O)NCCOCCOCCOCCC(=O)N3CCN(CC)CC3)c(NC(=O)CNCC3CCN(C)C(=O)C3)c2)c1.NC1(C(=O)NCc2ccc(Cl)cc2)CCN(c2ncnc3[nH]ccc23)CC1. The zero-order valence-corrected chi connectivity index (χ0v) is 50.0. The fourth-order valence-electron chi connectivity index (χ4n) is 9.54. The van der Waals surface area contributed by atoms with Crippen molar-refractivity contribution in [1.29, 1.82) is 0 Å². The van der Waals surface area contributed by atoms with Crippen LogP contribution in [0.25, 0.3) is 22.2 Å². The highest BCUT2D eigenvalue weighted by molar-refractivity contribution is 6.30. The van der Waals surface area contributed by atoms with Crippen molar-refractivity contribution in [3.05, 3.63) is 113 Å². The van der Waals surface area contributed by atoms with Crippen molar-refractivity contribution in [2.75, 3.05) is 129 Å². The number of hydrogen-bond acceptors (Lipinski definition) is 15. The minimum atomic E-state index is -0.868. The zero-order chi connectivity index (χ0) is 59.6. The van der Waals surface area contributed by atoms with Gasteiger partial charge in [0, 0.05) is 100 Å². The first-order chi connectivity index (χ1) is 40.0. The quantitative estimate of drug-likeness (QED) is 0.0365. The number of amides is 5. The van der Waals surface area contributed by atoms with Crippen molar-refractivity contribution in [1.82, 2.24) is 50.6 Å². The van der Waals surface area contributed by atoms with Crippen LogP contribution in [0.15, 0.2) is 91.0 Å². The van der Waals surface area contributed by atoms with Crippen LogP contribution in [0.5, 0.6) is 0 Å². The number of carbonyl (C=O) groups excluding carboxylic acids is 5. The monoisotopic (exact) mass is 1180 g/mol. The summed E-state index contributed by atoms with van der Waals surface area (Å²) in [5.74, 6) is 0.456. The van der Waals surface area contributed by atoms with Crippen LogP contribution in [0.3, 0.4) is 0 Å². The second kappa shape index (κ2) is 34.3. The number of pyridine rings is 1. The molecule has 7 N–H and O–H groups in total. The van der Waals surface area contributed by atoms with Crippen LogP contribution < -0.4 is 31.9 Å². The van der Waals surface area contributed by atoms with Crippen molar-refractivity contribution in [2.24, 2.45) is 11.7 Å². The largest absolute Gasteiger partial charge is 0.379 e. The minimum absolute atomic E-state index is 0.0375. The van der Waals surface area contributed by atoms with Gasteiger partial charge in [0.15, 0.2) is 5.69 Å². The van der Waals surface area contributed by atoms with Gasteiger partial charge in [-0.15, -0.1) is 0 Å². The van der Waals surface area contributed by atoms with Gasteiger partial charge in [0.25, 0.3) is 5.91 Å². The van der Waals surface area contributed by atoms with E-state index in [0.717, 1.165) is 79.1 Å². The molecule has 3 saturated heterocycles. The van der Waals surface area contributed by atoms with Crippen LogP contribution in [0.4, 0.5) is 11.5 Å². The summed E-state index contributed by atoms with van der Waals surface area (Å²) in [7, 11) is 1.81. The fraction of sp³-hybridized carbons (Fsp3) is 0.500. The molecular formula is C60H83Cl2N13O8. The van der Waals surface area contributed by atoms with Crippen molar-refractivity contribution in [3.63, 3.8) is 0 Å². The number of carbonyl (C=O) groups is 5. The molecule has 3 fully saturated rings. The molecule has 3 aromatic heterocycles. The molecule has 0 saturated carbocycles. The summed E-state index contributed by atoms with van der Waals surface area (Å²) in [6.07, 6.45) is 8.78. The van der Waals surface area contributed by atoms with Gasteiger partial charge < -0.3 is 65.8 Å². The Kier molecular flexibility index (Phi) is 27.1. The summed E-state index contributed by atoms with van der Waals surface area (Å²) in [5.41, 5.74) is 10.7. The number of nitrogens with zero attached hydrogens (tertiary/aromatic N) is 7. The van der Waals surface area contributed by atoms with Crippen molar-refractivity contribution >= 4 is 75.3 Å². The maximum atomic E-state index is 13.2. The first-order valence-corrected chi connectivity index (χ1v) is 29.3. The normalized spacial score (nSPS) is 16.1. The fourth-order valence-corrected chi connectivity index (χ4v) is 9.67. The number of benzene rings is 2. The maximum absolute atomic E-state index is 13.2. The predicted molar refractivity (Wildman–Crippen MR) is 325 cm³/mol. The molecule has 0 spiro atoms. The molecule has 83 heavy (non-hydrogen) atoms. The highest BCUT2D eigenvalue weighted by Gasteiger charge is 2.38. The second-order valence-corrected chi connectivity index (χ2v) is 21.8. The number of piperazine rings is 1. The maximum Gasteiger partial charge on any atom is 0.272 e. The van der Waals surface area contributed by atoms with Gasteiger partial charge in [-0.1, -0.05) is 80.0 Å². The molecule has 6 heterocycles. The highest BCUT2D eigenvalue weighted by atomic mass is 35.5. The summed E-state index contributed by atoms with van der Waals surface area (Å²) in [6, 6.07) is 19.2. The van der Waals surface area contributed by atoms with E-state index in [9.17, 15) is 24.0 Å². The number of nitrogens with one attached hydrogen (secondary N) is 5. The number of aromatic nitrogens is 4. The number of nitrogens with two attached hydrogens (primary N) is 1. The van der Waals surface area contributed by atoms with Gasteiger partial charge >= 0.3 is 0 Å². The van der Waals surface area contributed by atoms with Crippen molar-refractivity contribution in [3.8, 4) is 11.1 Å². The van der Waals surface area contributed by atoms with E-state index in [-0.39, 0.29) is 54.9 Å². The predicted octanol–water partition coefficient (Wildman–Crippen LogP) is 6.03. The number of aromatic amines is 1. The molecular weight excluding hydrogens is 1100 g/mol. The average Bonchev–Trinajstić information content (AvgIpc) is 4.20. The number of aryl methyl sites for hydroxylation is 1. The highest BCUT2D eigenvalue weighted by Crippen LogP contribution is 2.29. The van der Waals surface area contributed by atoms with E-state index in [0.29, 0.717) is 107 Å². The lowest BCUT2D eigenvalue weighted by molar-refractivity contribution is -0.134. The number of likely N-dealkylation sites (tertiary alicyclic amines) is 1.